The van der Waals surface area contributed by atoms with Gasteiger partial charge in [0.15, 0.2) is 0 Å². The van der Waals surface area contributed by atoms with Gasteiger partial charge in [-0.3, -0.25) is 19.2 Å². The van der Waals surface area contributed by atoms with Gasteiger partial charge in [0.2, 0.25) is 23.6 Å². The minimum Gasteiger partial charge on any atom is -0.449 e. The summed E-state index contributed by atoms with van der Waals surface area (Å²) >= 11 is 0. The predicted molar refractivity (Wildman–Crippen MR) is 274 cm³/mol. The fourth-order valence-corrected chi connectivity index (χ4v) is 13.5. The van der Waals surface area contributed by atoms with Gasteiger partial charge in [0.1, 0.15) is 18.7 Å². The van der Waals surface area contributed by atoms with Crippen LogP contribution in [-0.4, -0.2) is 94.3 Å². The van der Waals surface area contributed by atoms with Crippen molar-refractivity contribution in [2.24, 2.45) is 11.7 Å². The minimum atomic E-state index is -2.76. The summed E-state index contributed by atoms with van der Waals surface area (Å²) in [6.45, 7) is 9.90. The van der Waals surface area contributed by atoms with E-state index in [0.717, 1.165) is 27.8 Å². The molecule has 2 atom stereocenters. The summed E-state index contributed by atoms with van der Waals surface area (Å²) in [6.07, 6.45) is -0.491. The second kappa shape index (κ2) is 23.8. The molecule has 5 aromatic rings. The number of carbonyl (C=O) groups is 6. The first-order valence-electron chi connectivity index (χ1n) is 23.6. The van der Waals surface area contributed by atoms with Crippen molar-refractivity contribution in [2.45, 2.75) is 77.1 Å². The topological polar surface area (TPSA) is 210 Å². The molecule has 0 aliphatic heterocycles. The highest BCUT2D eigenvalue weighted by atomic mass is 28.4. The van der Waals surface area contributed by atoms with Gasteiger partial charge in [-0.1, -0.05) is 156 Å². The predicted octanol–water partition coefficient (Wildman–Crippen LogP) is 5.77. The van der Waals surface area contributed by atoms with Gasteiger partial charge >= 0.3 is 12.1 Å². The summed E-state index contributed by atoms with van der Waals surface area (Å²) in [7, 11) is -1.32. The summed E-state index contributed by atoms with van der Waals surface area (Å²) in [5.74, 6) is -2.93. The van der Waals surface area contributed by atoms with E-state index < -0.39 is 68.6 Å². The highest BCUT2D eigenvalue weighted by molar-refractivity contribution is 6.99. The number of nitrogens with two attached hydrogens (primary N) is 1. The molecule has 7 amide bonds. The van der Waals surface area contributed by atoms with Gasteiger partial charge in [-0.25, -0.2) is 9.59 Å². The van der Waals surface area contributed by atoms with E-state index >= 15 is 0 Å². The minimum absolute atomic E-state index is 0.0443. The number of anilines is 1. The molecule has 6 rings (SSSR count). The largest absolute Gasteiger partial charge is 0.449 e. The van der Waals surface area contributed by atoms with E-state index in [1.54, 1.807) is 26.0 Å². The number of amides is 7. The van der Waals surface area contributed by atoms with Gasteiger partial charge < -0.3 is 46.4 Å². The third kappa shape index (κ3) is 13.1. The molecule has 0 spiro atoms. The molecule has 16 heteroatoms. The Morgan fingerprint density at radius 2 is 1.27 bits per heavy atom. The standard InChI is InChI=1S/C54H65N7O8Si/c1-36(2)49(60-53(67)68-35-45-43-24-15-13-22-41(43)42-23-14-16-25-44(42)45)51(65)59-46(26-17-31-56-52(55)66)50(64)57-32-48(63)61(6)33-47(62)58-38-29-27-37(28-30-38)34-69-70(54(3,4)5,39-18-9-7-10-19-39)40-20-11-8-12-21-40/h7-16,18-25,27-30,36,45-46,49H,17,26,31-35H2,1-6H3,(H,57,64)(H,58,62)(H,59,65)(H,60,67)(H3,55,56,66)/t46-,49-/m0/s1. The number of benzene rings is 5. The average molecular weight is 968 g/mol. The molecule has 0 fully saturated rings. The Bertz CT molecular complexity index is 2520. The Morgan fingerprint density at radius 3 is 1.81 bits per heavy atom. The van der Waals surface area contributed by atoms with Crippen LogP contribution in [-0.2, 0) is 34.9 Å². The fourth-order valence-electron chi connectivity index (χ4n) is 8.91. The first-order chi connectivity index (χ1) is 33.5. The summed E-state index contributed by atoms with van der Waals surface area (Å²) < 4.78 is 12.7. The fraction of sp³-hybridized carbons (Fsp3) is 0.333. The molecule has 0 bridgehead atoms. The number of primary amides is 1. The summed E-state index contributed by atoms with van der Waals surface area (Å²) in [6, 6.07) is 41.0. The molecule has 0 unspecified atom stereocenters. The lowest BCUT2D eigenvalue weighted by atomic mass is 9.98. The number of carbonyl (C=O) groups excluding carboxylic acids is 6. The van der Waals surface area contributed by atoms with Crippen molar-refractivity contribution in [3.05, 3.63) is 150 Å². The smallest absolute Gasteiger partial charge is 0.407 e. The van der Waals surface area contributed by atoms with Crippen LogP contribution in [0.5, 0.6) is 0 Å². The Kier molecular flexibility index (Phi) is 17.7. The third-order valence-electron chi connectivity index (χ3n) is 12.5. The van der Waals surface area contributed by atoms with Crippen LogP contribution in [0.15, 0.2) is 133 Å². The molecule has 0 saturated heterocycles. The van der Waals surface area contributed by atoms with E-state index in [-0.39, 0.29) is 43.5 Å². The SMILES string of the molecule is CC(C)[C@H](NC(=O)OCC1c2ccccc2-c2ccccc21)C(=O)N[C@@H](CCCNC(N)=O)C(=O)NCC(=O)N(C)CC(=O)Nc1ccc(CO[Si](c2ccccc2)(c2ccccc2)C(C)(C)C)cc1. The van der Waals surface area contributed by atoms with Gasteiger partial charge in [-0.15, -0.1) is 0 Å². The molecule has 0 saturated carbocycles. The first kappa shape index (κ1) is 52.1. The van der Waals surface area contributed by atoms with Crippen LogP contribution in [0.1, 0.15) is 70.1 Å². The molecule has 368 valence electrons. The van der Waals surface area contributed by atoms with Crippen molar-refractivity contribution in [3.8, 4) is 11.1 Å². The molecule has 7 N–H and O–H groups in total. The molecule has 1 aliphatic rings. The van der Waals surface area contributed by atoms with Gasteiger partial charge in [-0.2, -0.15) is 0 Å². The molecule has 70 heavy (non-hydrogen) atoms. The molecule has 15 nitrogen and oxygen atoms in total. The van der Waals surface area contributed by atoms with Gasteiger partial charge in [0, 0.05) is 25.2 Å². The van der Waals surface area contributed by atoms with E-state index in [1.165, 1.54) is 22.3 Å². The average Bonchev–Trinajstić information content (AvgIpc) is 3.66. The van der Waals surface area contributed by atoms with Crippen molar-refractivity contribution < 1.29 is 37.9 Å². The number of ether oxygens (including phenoxy) is 1. The highest BCUT2D eigenvalue weighted by Gasteiger charge is 2.50. The first-order valence-corrected chi connectivity index (χ1v) is 25.5. The van der Waals surface area contributed by atoms with Crippen molar-refractivity contribution in [1.29, 1.82) is 0 Å². The summed E-state index contributed by atoms with van der Waals surface area (Å²) in [5.41, 5.74) is 10.9. The summed E-state index contributed by atoms with van der Waals surface area (Å²) in [4.78, 5) is 79.4. The van der Waals surface area contributed by atoms with Crippen LogP contribution in [0.3, 0.4) is 0 Å². The zero-order chi connectivity index (χ0) is 50.4. The molecule has 0 aromatic heterocycles. The van der Waals surface area contributed by atoms with Gasteiger partial charge in [0.25, 0.3) is 8.32 Å². The molecule has 5 aromatic carbocycles. The Labute approximate surface area is 411 Å². The lowest BCUT2D eigenvalue weighted by Gasteiger charge is -2.43. The van der Waals surface area contributed by atoms with Crippen LogP contribution >= 0.6 is 0 Å². The van der Waals surface area contributed by atoms with Gasteiger partial charge in [-0.05, 0) is 74.1 Å². The Hall–Kier alpha value is -7.30. The zero-order valence-corrected chi connectivity index (χ0v) is 41.8. The Morgan fingerprint density at radius 1 is 0.714 bits per heavy atom. The van der Waals surface area contributed by atoms with E-state index in [0.29, 0.717) is 12.3 Å². The van der Waals surface area contributed by atoms with Crippen molar-refractivity contribution in [1.82, 2.24) is 26.2 Å². The monoisotopic (exact) mass is 967 g/mol. The van der Waals surface area contributed by atoms with Crippen molar-refractivity contribution in [3.63, 3.8) is 0 Å². The maximum absolute atomic E-state index is 13.7. The van der Waals surface area contributed by atoms with Crippen LogP contribution in [0.25, 0.3) is 11.1 Å². The van der Waals surface area contributed by atoms with Crippen molar-refractivity contribution >= 4 is 60.1 Å². The number of likely N-dealkylation sites (N-methyl/N-ethyl adjacent to an activating group) is 1. The highest BCUT2D eigenvalue weighted by Crippen LogP contribution is 2.44. The Balaban J connectivity index is 1.01. The molecular formula is C54H65N7O8Si. The van der Waals surface area contributed by atoms with Crippen LogP contribution < -0.4 is 42.7 Å². The van der Waals surface area contributed by atoms with Crippen LogP contribution in [0, 0.1) is 5.92 Å². The molecule has 0 radical (unpaired) electrons. The lowest BCUT2D eigenvalue weighted by molar-refractivity contribution is -0.135. The maximum atomic E-state index is 13.7. The number of alkyl carbamates (subject to hydrolysis) is 1. The number of nitrogens with zero attached hydrogens (tertiary/aromatic N) is 1. The number of hydrogen-bond acceptors (Lipinski definition) is 8. The van der Waals surface area contributed by atoms with Crippen LogP contribution in [0.2, 0.25) is 5.04 Å². The number of hydrogen-bond donors (Lipinski definition) is 6. The summed E-state index contributed by atoms with van der Waals surface area (Å²) in [5, 5.41) is 15.4. The number of rotatable bonds is 21. The van der Waals surface area contributed by atoms with E-state index in [9.17, 15) is 28.8 Å². The second-order valence-corrected chi connectivity index (χ2v) is 23.2. The number of urea groups is 1. The number of fused-ring (bicyclic) bond motifs is 3. The molecule has 1 aliphatic carbocycles. The van der Waals surface area contributed by atoms with Crippen molar-refractivity contribution in [2.75, 3.05) is 38.6 Å². The lowest BCUT2D eigenvalue weighted by Crippen LogP contribution is -2.66. The van der Waals surface area contributed by atoms with E-state index in [2.05, 4.69) is 71.6 Å². The van der Waals surface area contributed by atoms with E-state index in [1.807, 2.05) is 97.1 Å². The normalized spacial score (nSPS) is 13.0. The molecule has 0 heterocycles. The quantitative estimate of drug-likeness (QED) is 0.0392. The second-order valence-electron chi connectivity index (χ2n) is 18.9. The third-order valence-corrected chi connectivity index (χ3v) is 17.5. The molecular weight excluding hydrogens is 903 g/mol. The number of nitrogens with one attached hydrogen (secondary N) is 5. The van der Waals surface area contributed by atoms with Gasteiger partial charge in [0.05, 0.1) is 19.7 Å². The zero-order valence-electron chi connectivity index (χ0n) is 40.8. The van der Waals surface area contributed by atoms with E-state index in [4.69, 9.17) is 14.9 Å². The van der Waals surface area contributed by atoms with Crippen LogP contribution in [0.4, 0.5) is 15.3 Å². The maximum Gasteiger partial charge on any atom is 0.407 e.